The van der Waals surface area contributed by atoms with Crippen molar-refractivity contribution >= 4 is 17.2 Å². The molecule has 1 amide bonds. The fourth-order valence-electron chi connectivity index (χ4n) is 2.94. The van der Waals surface area contributed by atoms with Gasteiger partial charge in [0, 0.05) is 38.1 Å². The van der Waals surface area contributed by atoms with Crippen LogP contribution >= 0.6 is 11.3 Å². The summed E-state index contributed by atoms with van der Waals surface area (Å²) in [5.74, 6) is 0.200. The normalized spacial score (nSPS) is 15.8. The van der Waals surface area contributed by atoms with Crippen molar-refractivity contribution in [3.63, 3.8) is 0 Å². The first-order valence-corrected chi connectivity index (χ1v) is 8.95. The highest BCUT2D eigenvalue weighted by Gasteiger charge is 2.22. The Kier molecular flexibility index (Phi) is 5.08. The van der Waals surface area contributed by atoms with E-state index in [1.165, 1.54) is 11.1 Å². The number of aryl methyl sites for hydroxylation is 2. The van der Waals surface area contributed by atoms with Gasteiger partial charge in [-0.3, -0.25) is 9.69 Å². The molecule has 4 nitrogen and oxygen atoms in total. The SMILES string of the molecule is Cc1nc(CC(=O)N2CCN(Cc3ccccc3C)CC2)cs1. The third-order valence-electron chi connectivity index (χ3n) is 4.38. The van der Waals surface area contributed by atoms with E-state index < -0.39 is 0 Å². The Hall–Kier alpha value is -1.72. The predicted octanol–water partition coefficient (Wildman–Crippen LogP) is 2.65. The highest BCUT2D eigenvalue weighted by atomic mass is 32.1. The maximum atomic E-state index is 12.4. The Morgan fingerprint density at radius 2 is 1.91 bits per heavy atom. The van der Waals surface area contributed by atoms with E-state index in [4.69, 9.17) is 0 Å². The van der Waals surface area contributed by atoms with Crippen LogP contribution in [-0.2, 0) is 17.8 Å². The molecule has 0 radical (unpaired) electrons. The van der Waals surface area contributed by atoms with Crippen LogP contribution < -0.4 is 0 Å². The summed E-state index contributed by atoms with van der Waals surface area (Å²) in [7, 11) is 0. The molecule has 23 heavy (non-hydrogen) atoms. The predicted molar refractivity (Wildman–Crippen MR) is 93.6 cm³/mol. The van der Waals surface area contributed by atoms with E-state index in [9.17, 15) is 4.79 Å². The van der Waals surface area contributed by atoms with E-state index in [-0.39, 0.29) is 5.91 Å². The highest BCUT2D eigenvalue weighted by Crippen LogP contribution is 2.14. The molecule has 122 valence electrons. The number of rotatable bonds is 4. The topological polar surface area (TPSA) is 36.4 Å². The van der Waals surface area contributed by atoms with E-state index >= 15 is 0 Å². The van der Waals surface area contributed by atoms with E-state index in [1.807, 2.05) is 17.2 Å². The molecule has 0 saturated carbocycles. The number of benzene rings is 1. The van der Waals surface area contributed by atoms with Crippen molar-refractivity contribution in [3.8, 4) is 0 Å². The molecule has 2 heterocycles. The molecule has 0 spiro atoms. The summed E-state index contributed by atoms with van der Waals surface area (Å²) in [4.78, 5) is 21.2. The van der Waals surface area contributed by atoms with Gasteiger partial charge in [0.05, 0.1) is 17.1 Å². The minimum absolute atomic E-state index is 0.200. The Morgan fingerprint density at radius 1 is 1.17 bits per heavy atom. The smallest absolute Gasteiger partial charge is 0.228 e. The average Bonchev–Trinajstić information content (AvgIpc) is 2.95. The van der Waals surface area contributed by atoms with Crippen LogP contribution in [0, 0.1) is 13.8 Å². The quantitative estimate of drug-likeness (QED) is 0.865. The van der Waals surface area contributed by atoms with E-state index in [0.29, 0.717) is 6.42 Å². The molecule has 1 aromatic carbocycles. The summed E-state index contributed by atoms with van der Waals surface area (Å²) < 4.78 is 0. The van der Waals surface area contributed by atoms with Gasteiger partial charge in [-0.1, -0.05) is 24.3 Å². The monoisotopic (exact) mass is 329 g/mol. The van der Waals surface area contributed by atoms with Gasteiger partial charge in [0.1, 0.15) is 0 Å². The third-order valence-corrected chi connectivity index (χ3v) is 5.20. The fourth-order valence-corrected chi connectivity index (χ4v) is 3.55. The van der Waals surface area contributed by atoms with Crippen LogP contribution in [0.5, 0.6) is 0 Å². The summed E-state index contributed by atoms with van der Waals surface area (Å²) >= 11 is 1.61. The number of hydrogen-bond donors (Lipinski definition) is 0. The van der Waals surface area contributed by atoms with Crippen LogP contribution in [0.3, 0.4) is 0 Å². The van der Waals surface area contributed by atoms with Crippen LogP contribution in [0.4, 0.5) is 0 Å². The van der Waals surface area contributed by atoms with Crippen LogP contribution in [0.25, 0.3) is 0 Å². The van der Waals surface area contributed by atoms with Crippen LogP contribution in [0.15, 0.2) is 29.6 Å². The summed E-state index contributed by atoms with van der Waals surface area (Å²) in [6.45, 7) is 8.61. The molecule has 1 saturated heterocycles. The van der Waals surface area contributed by atoms with Crippen LogP contribution in [-0.4, -0.2) is 46.9 Å². The molecule has 1 aromatic heterocycles. The third kappa shape index (κ3) is 4.18. The minimum atomic E-state index is 0.200. The number of thiazole rings is 1. The summed E-state index contributed by atoms with van der Waals surface area (Å²) in [6, 6.07) is 8.52. The molecule has 1 aliphatic rings. The zero-order chi connectivity index (χ0) is 16.2. The number of hydrogen-bond acceptors (Lipinski definition) is 4. The second-order valence-electron chi connectivity index (χ2n) is 6.12. The van der Waals surface area contributed by atoms with Gasteiger partial charge in [0.15, 0.2) is 0 Å². The van der Waals surface area contributed by atoms with E-state index in [0.717, 1.165) is 43.4 Å². The Balaban J connectivity index is 1.50. The molecule has 0 aliphatic carbocycles. The van der Waals surface area contributed by atoms with Gasteiger partial charge in [-0.15, -0.1) is 11.3 Å². The molecule has 1 aliphatic heterocycles. The lowest BCUT2D eigenvalue weighted by Crippen LogP contribution is -2.48. The summed E-state index contributed by atoms with van der Waals surface area (Å²) in [5, 5.41) is 3.01. The van der Waals surface area contributed by atoms with Gasteiger partial charge in [0.2, 0.25) is 5.91 Å². The fraction of sp³-hybridized carbons (Fsp3) is 0.444. The zero-order valence-corrected chi connectivity index (χ0v) is 14.6. The molecule has 2 aromatic rings. The van der Waals surface area contributed by atoms with Gasteiger partial charge in [0.25, 0.3) is 0 Å². The van der Waals surface area contributed by atoms with Gasteiger partial charge in [-0.25, -0.2) is 4.98 Å². The van der Waals surface area contributed by atoms with Crippen molar-refractivity contribution in [1.82, 2.24) is 14.8 Å². The first-order valence-electron chi connectivity index (χ1n) is 8.07. The summed E-state index contributed by atoms with van der Waals surface area (Å²) in [6.07, 6.45) is 0.433. The number of amides is 1. The Labute approximate surface area is 141 Å². The second-order valence-corrected chi connectivity index (χ2v) is 7.18. The average molecular weight is 329 g/mol. The molecule has 1 fully saturated rings. The van der Waals surface area contributed by atoms with Crippen molar-refractivity contribution in [3.05, 3.63) is 51.5 Å². The zero-order valence-electron chi connectivity index (χ0n) is 13.8. The summed E-state index contributed by atoms with van der Waals surface area (Å²) in [5.41, 5.74) is 3.62. The standard InChI is InChI=1S/C18H23N3OS/c1-14-5-3-4-6-16(14)12-20-7-9-21(10-8-20)18(22)11-17-13-23-15(2)19-17/h3-6,13H,7-12H2,1-2H3. The van der Waals surface area contributed by atoms with Crippen LogP contribution in [0.2, 0.25) is 0 Å². The van der Waals surface area contributed by atoms with E-state index in [2.05, 4.69) is 41.1 Å². The van der Waals surface area contributed by atoms with Gasteiger partial charge < -0.3 is 4.90 Å². The molecule has 0 unspecified atom stereocenters. The lowest BCUT2D eigenvalue weighted by Gasteiger charge is -2.35. The molecule has 3 rings (SSSR count). The van der Waals surface area contributed by atoms with Crippen molar-refractivity contribution in [2.45, 2.75) is 26.8 Å². The van der Waals surface area contributed by atoms with Crippen molar-refractivity contribution in [1.29, 1.82) is 0 Å². The maximum absolute atomic E-state index is 12.4. The molecular weight excluding hydrogens is 306 g/mol. The number of carbonyl (C=O) groups excluding carboxylic acids is 1. The Morgan fingerprint density at radius 3 is 2.57 bits per heavy atom. The van der Waals surface area contributed by atoms with Crippen LogP contribution in [0.1, 0.15) is 21.8 Å². The van der Waals surface area contributed by atoms with Crippen molar-refractivity contribution in [2.24, 2.45) is 0 Å². The van der Waals surface area contributed by atoms with Gasteiger partial charge >= 0.3 is 0 Å². The Bertz CT molecular complexity index is 674. The maximum Gasteiger partial charge on any atom is 0.228 e. The number of carbonyl (C=O) groups is 1. The lowest BCUT2D eigenvalue weighted by molar-refractivity contribution is -0.132. The molecular formula is C18H23N3OS. The molecule has 0 bridgehead atoms. The largest absolute Gasteiger partial charge is 0.340 e. The molecule has 0 atom stereocenters. The lowest BCUT2D eigenvalue weighted by atomic mass is 10.1. The molecule has 0 N–H and O–H groups in total. The first-order chi connectivity index (χ1) is 11.1. The van der Waals surface area contributed by atoms with Crippen molar-refractivity contribution in [2.75, 3.05) is 26.2 Å². The second kappa shape index (κ2) is 7.23. The molecule has 5 heteroatoms. The number of nitrogens with zero attached hydrogens (tertiary/aromatic N) is 3. The number of piperazine rings is 1. The number of aromatic nitrogens is 1. The van der Waals surface area contributed by atoms with E-state index in [1.54, 1.807) is 11.3 Å². The van der Waals surface area contributed by atoms with Crippen molar-refractivity contribution < 1.29 is 4.79 Å². The first kappa shape index (κ1) is 16.1. The van der Waals surface area contributed by atoms with Gasteiger partial charge in [-0.05, 0) is 25.0 Å². The van der Waals surface area contributed by atoms with Gasteiger partial charge in [-0.2, -0.15) is 0 Å². The highest BCUT2D eigenvalue weighted by molar-refractivity contribution is 7.09. The minimum Gasteiger partial charge on any atom is -0.340 e.